The molecule has 2 fully saturated rings. The number of H-pyrrole nitrogens is 1. The zero-order valence-electron chi connectivity index (χ0n) is 11.3. The molecule has 6 heteroatoms. The molecule has 0 spiro atoms. The summed E-state index contributed by atoms with van der Waals surface area (Å²) in [6.45, 7) is 0. The fourth-order valence-electron chi connectivity index (χ4n) is 3.83. The van der Waals surface area contributed by atoms with Crippen molar-refractivity contribution in [3.05, 3.63) is 29.9 Å². The van der Waals surface area contributed by atoms with Crippen molar-refractivity contribution in [2.75, 3.05) is 0 Å². The quantitative estimate of drug-likeness (QED) is 0.887. The van der Waals surface area contributed by atoms with Gasteiger partial charge in [-0.1, -0.05) is 11.6 Å². The van der Waals surface area contributed by atoms with Crippen LogP contribution >= 0.6 is 0 Å². The smallest absolute Gasteiger partial charge is 0.243 e. The topological polar surface area (TPSA) is 93.6 Å². The molecule has 0 amide bonds. The maximum atomic E-state index is 6.13. The minimum Gasteiger partial charge on any atom is -0.348 e. The van der Waals surface area contributed by atoms with E-state index in [1.807, 2.05) is 0 Å². The van der Waals surface area contributed by atoms with Crippen LogP contribution in [0.25, 0.3) is 0 Å². The summed E-state index contributed by atoms with van der Waals surface area (Å²) in [6.07, 6.45) is 9.32. The molecule has 4 rings (SSSR count). The molecule has 6 nitrogen and oxygen atoms in total. The number of aromatic amines is 1. The molecular formula is C14H19N5O. The predicted octanol–water partition coefficient (Wildman–Crippen LogP) is 1.94. The highest BCUT2D eigenvalue weighted by atomic mass is 16.5. The third-order valence-corrected chi connectivity index (χ3v) is 4.84. The SMILES string of the molecule is NC(Cc1cnc[nH]1)c1nc(C2CC3CCC2C3)no1. The Bertz CT molecular complexity index is 578. The van der Waals surface area contributed by atoms with Crippen LogP contribution in [0.1, 0.15) is 55.1 Å². The van der Waals surface area contributed by atoms with Crippen molar-refractivity contribution in [2.24, 2.45) is 17.6 Å². The highest BCUT2D eigenvalue weighted by Gasteiger charge is 2.42. The van der Waals surface area contributed by atoms with Gasteiger partial charge in [0.2, 0.25) is 5.89 Å². The van der Waals surface area contributed by atoms with Crippen molar-refractivity contribution < 1.29 is 4.52 Å². The molecule has 3 N–H and O–H groups in total. The molecule has 2 aromatic heterocycles. The lowest BCUT2D eigenvalue weighted by Gasteiger charge is -2.17. The number of rotatable bonds is 4. The maximum absolute atomic E-state index is 6.13. The Morgan fingerprint density at radius 2 is 2.35 bits per heavy atom. The molecular weight excluding hydrogens is 254 g/mol. The number of hydrogen-bond donors (Lipinski definition) is 2. The number of nitrogens with one attached hydrogen (secondary N) is 1. The Morgan fingerprint density at radius 1 is 1.40 bits per heavy atom. The van der Waals surface area contributed by atoms with E-state index in [9.17, 15) is 0 Å². The highest BCUT2D eigenvalue weighted by molar-refractivity contribution is 5.08. The first kappa shape index (κ1) is 12.1. The number of fused-ring (bicyclic) bond motifs is 2. The molecule has 0 aliphatic heterocycles. The summed E-state index contributed by atoms with van der Waals surface area (Å²) in [7, 11) is 0. The van der Waals surface area contributed by atoms with Gasteiger partial charge in [-0.05, 0) is 31.1 Å². The monoisotopic (exact) mass is 273 g/mol. The first-order valence-corrected chi connectivity index (χ1v) is 7.36. The van der Waals surface area contributed by atoms with Crippen LogP contribution in [0.5, 0.6) is 0 Å². The van der Waals surface area contributed by atoms with Crippen LogP contribution in [0.2, 0.25) is 0 Å². The predicted molar refractivity (Wildman–Crippen MR) is 71.7 cm³/mol. The molecule has 0 saturated heterocycles. The Kier molecular flexibility index (Phi) is 2.84. The number of imidazole rings is 1. The summed E-state index contributed by atoms with van der Waals surface area (Å²) in [5, 5.41) is 4.18. The maximum Gasteiger partial charge on any atom is 0.243 e. The molecule has 106 valence electrons. The van der Waals surface area contributed by atoms with Gasteiger partial charge < -0.3 is 15.2 Å². The average Bonchev–Trinajstić information content (AvgIpc) is 3.22. The van der Waals surface area contributed by atoms with Gasteiger partial charge in [-0.15, -0.1) is 0 Å². The van der Waals surface area contributed by atoms with E-state index in [4.69, 9.17) is 10.3 Å². The standard InChI is InChI=1S/C14H19N5O/c15-12(5-10-6-16-7-17-10)14-18-13(19-20-14)11-4-8-1-2-9(11)3-8/h6-9,11-12H,1-5,15H2,(H,16,17). The van der Waals surface area contributed by atoms with Crippen LogP contribution in [-0.4, -0.2) is 20.1 Å². The van der Waals surface area contributed by atoms with Gasteiger partial charge in [0.15, 0.2) is 5.82 Å². The Hall–Kier alpha value is -1.69. The first-order valence-electron chi connectivity index (χ1n) is 7.36. The third kappa shape index (κ3) is 2.04. The largest absolute Gasteiger partial charge is 0.348 e. The van der Waals surface area contributed by atoms with Gasteiger partial charge in [-0.2, -0.15) is 4.98 Å². The Balaban J connectivity index is 1.47. The van der Waals surface area contributed by atoms with Crippen molar-refractivity contribution in [1.82, 2.24) is 20.1 Å². The van der Waals surface area contributed by atoms with Crippen LogP contribution in [-0.2, 0) is 6.42 Å². The lowest BCUT2D eigenvalue weighted by atomic mass is 9.88. The van der Waals surface area contributed by atoms with Gasteiger partial charge in [-0.3, -0.25) is 0 Å². The zero-order valence-corrected chi connectivity index (χ0v) is 11.3. The van der Waals surface area contributed by atoms with Crippen LogP contribution in [0, 0.1) is 11.8 Å². The summed E-state index contributed by atoms with van der Waals surface area (Å²) < 4.78 is 5.37. The Morgan fingerprint density at radius 3 is 3.05 bits per heavy atom. The molecule has 2 aromatic rings. The molecule has 2 aliphatic rings. The fraction of sp³-hybridized carbons (Fsp3) is 0.643. The lowest BCUT2D eigenvalue weighted by molar-refractivity contribution is 0.336. The summed E-state index contributed by atoms with van der Waals surface area (Å²) in [4.78, 5) is 11.6. The second-order valence-corrected chi connectivity index (χ2v) is 6.16. The lowest BCUT2D eigenvalue weighted by Crippen LogP contribution is -2.15. The van der Waals surface area contributed by atoms with Crippen molar-refractivity contribution >= 4 is 0 Å². The number of aromatic nitrogens is 4. The van der Waals surface area contributed by atoms with Crippen molar-refractivity contribution in [1.29, 1.82) is 0 Å². The second-order valence-electron chi connectivity index (χ2n) is 6.16. The van der Waals surface area contributed by atoms with Crippen LogP contribution in [0.4, 0.5) is 0 Å². The highest BCUT2D eigenvalue weighted by Crippen LogP contribution is 2.52. The zero-order chi connectivity index (χ0) is 13.5. The summed E-state index contributed by atoms with van der Waals surface area (Å²) >= 11 is 0. The minimum atomic E-state index is -0.268. The van der Waals surface area contributed by atoms with Gasteiger partial charge in [0.05, 0.1) is 12.4 Å². The van der Waals surface area contributed by atoms with E-state index in [0.717, 1.165) is 23.4 Å². The van der Waals surface area contributed by atoms with Crippen molar-refractivity contribution in [3.8, 4) is 0 Å². The van der Waals surface area contributed by atoms with Crippen LogP contribution < -0.4 is 5.73 Å². The van der Waals surface area contributed by atoms with E-state index in [1.165, 1.54) is 25.7 Å². The van der Waals surface area contributed by atoms with Gasteiger partial charge in [0, 0.05) is 24.2 Å². The van der Waals surface area contributed by atoms with E-state index in [0.29, 0.717) is 18.2 Å². The van der Waals surface area contributed by atoms with Gasteiger partial charge in [-0.25, -0.2) is 4.98 Å². The van der Waals surface area contributed by atoms with Crippen LogP contribution in [0.3, 0.4) is 0 Å². The van der Waals surface area contributed by atoms with E-state index in [2.05, 4.69) is 20.1 Å². The molecule has 20 heavy (non-hydrogen) atoms. The second kappa shape index (κ2) is 4.70. The third-order valence-electron chi connectivity index (χ3n) is 4.84. The van der Waals surface area contributed by atoms with Gasteiger partial charge >= 0.3 is 0 Å². The minimum absolute atomic E-state index is 0.268. The van der Waals surface area contributed by atoms with E-state index in [-0.39, 0.29) is 6.04 Å². The summed E-state index contributed by atoms with van der Waals surface area (Å²) in [6, 6.07) is -0.268. The van der Waals surface area contributed by atoms with E-state index in [1.54, 1.807) is 12.5 Å². The van der Waals surface area contributed by atoms with E-state index < -0.39 is 0 Å². The fourth-order valence-corrected chi connectivity index (χ4v) is 3.83. The molecule has 0 radical (unpaired) electrons. The van der Waals surface area contributed by atoms with Crippen molar-refractivity contribution in [2.45, 2.75) is 44.1 Å². The molecule has 2 bridgehead atoms. The summed E-state index contributed by atoms with van der Waals surface area (Å²) in [5.74, 6) is 3.54. The normalized spacial score (nSPS) is 29.9. The molecule has 2 heterocycles. The van der Waals surface area contributed by atoms with Crippen LogP contribution in [0.15, 0.2) is 17.0 Å². The number of nitrogens with two attached hydrogens (primary N) is 1. The van der Waals surface area contributed by atoms with Crippen molar-refractivity contribution in [3.63, 3.8) is 0 Å². The van der Waals surface area contributed by atoms with Gasteiger partial charge in [0.25, 0.3) is 0 Å². The molecule has 2 aliphatic carbocycles. The Labute approximate surface area is 117 Å². The molecule has 0 aromatic carbocycles. The van der Waals surface area contributed by atoms with Gasteiger partial charge in [0.1, 0.15) is 0 Å². The molecule has 4 atom stereocenters. The summed E-state index contributed by atoms with van der Waals surface area (Å²) in [5.41, 5.74) is 7.11. The molecule has 2 saturated carbocycles. The number of hydrogen-bond acceptors (Lipinski definition) is 5. The number of nitrogens with zero attached hydrogens (tertiary/aromatic N) is 3. The molecule has 4 unspecified atom stereocenters. The average molecular weight is 273 g/mol. The van der Waals surface area contributed by atoms with E-state index >= 15 is 0 Å². The first-order chi connectivity index (χ1) is 9.79.